The van der Waals surface area contributed by atoms with E-state index in [0.717, 1.165) is 10.9 Å². The van der Waals surface area contributed by atoms with Gasteiger partial charge in [0.05, 0.1) is 6.04 Å². The third-order valence-corrected chi connectivity index (χ3v) is 6.04. The Morgan fingerprint density at radius 2 is 1.91 bits per heavy atom. The van der Waals surface area contributed by atoms with Gasteiger partial charge in [0.1, 0.15) is 23.1 Å². The zero-order valence-electron chi connectivity index (χ0n) is 19.0. The van der Waals surface area contributed by atoms with Gasteiger partial charge < -0.3 is 10.1 Å². The number of alkyl halides is 1. The van der Waals surface area contributed by atoms with Gasteiger partial charge in [0.15, 0.2) is 5.78 Å². The number of allylic oxidation sites excluding steroid dienone is 1. The first-order valence-electron chi connectivity index (χ1n) is 10.9. The average molecular weight is 457 g/mol. The van der Waals surface area contributed by atoms with Crippen molar-refractivity contribution in [2.24, 2.45) is 0 Å². The highest BCUT2D eigenvalue weighted by atomic mass is 19.1. The number of aromatic hydroxyl groups is 1. The molecule has 2 heterocycles. The lowest BCUT2D eigenvalue weighted by Gasteiger charge is -2.43. The van der Waals surface area contributed by atoms with Crippen molar-refractivity contribution in [3.8, 4) is 5.75 Å². The number of benzene rings is 2. The number of H-pyrrole nitrogens is 1. The summed E-state index contributed by atoms with van der Waals surface area (Å²) in [6.07, 6.45) is 3.17. The summed E-state index contributed by atoms with van der Waals surface area (Å²) in [5.74, 6) is -1.70. The van der Waals surface area contributed by atoms with Gasteiger partial charge in [-0.3, -0.25) is 9.69 Å². The van der Waals surface area contributed by atoms with E-state index in [4.69, 9.17) is 0 Å². The standard InChI is InChI=1S/C26H27F3N2O2/c1-14-9-19-18-8-7-17(33)12-22(18)30-24(19)25(31(14)13-26(3,4)29)23-20(27)10-16(11-21(23)28)6-5-15(2)32/h5-8,10-12,14,25,30,33H,9,13H2,1-4H3/b6-5+. The molecule has 2 aromatic carbocycles. The minimum atomic E-state index is -1.59. The molecule has 4 nitrogen and oxygen atoms in total. The van der Waals surface area contributed by atoms with Crippen molar-refractivity contribution in [3.63, 3.8) is 0 Å². The first-order valence-corrected chi connectivity index (χ1v) is 10.9. The Labute approximate surface area is 190 Å². The number of nitrogens with zero attached hydrogens (tertiary/aromatic N) is 1. The SMILES string of the molecule is CC(=O)/C=C/c1cc(F)c(C2c3[nH]c4cc(O)ccc4c3CC(C)N2CC(C)(C)F)c(F)c1. The van der Waals surface area contributed by atoms with Crippen LogP contribution in [-0.2, 0) is 11.2 Å². The van der Waals surface area contributed by atoms with Gasteiger partial charge in [0, 0.05) is 40.8 Å². The molecule has 2 unspecified atom stereocenters. The maximum atomic E-state index is 15.4. The number of fused-ring (bicyclic) bond motifs is 3. The molecule has 0 spiro atoms. The summed E-state index contributed by atoms with van der Waals surface area (Å²) >= 11 is 0. The van der Waals surface area contributed by atoms with Crippen LogP contribution in [0.3, 0.4) is 0 Å². The van der Waals surface area contributed by atoms with Gasteiger partial charge in [0.25, 0.3) is 0 Å². The lowest BCUT2D eigenvalue weighted by Crippen LogP contribution is -2.48. The van der Waals surface area contributed by atoms with Gasteiger partial charge >= 0.3 is 0 Å². The van der Waals surface area contributed by atoms with Crippen molar-refractivity contribution in [2.75, 3.05) is 6.54 Å². The van der Waals surface area contributed by atoms with Gasteiger partial charge in [-0.15, -0.1) is 0 Å². The van der Waals surface area contributed by atoms with Crippen molar-refractivity contribution in [3.05, 3.63) is 70.4 Å². The van der Waals surface area contributed by atoms with E-state index in [1.165, 1.54) is 45.1 Å². The van der Waals surface area contributed by atoms with Crippen molar-refractivity contribution >= 4 is 22.8 Å². The van der Waals surface area contributed by atoms with Gasteiger partial charge in [-0.1, -0.05) is 6.08 Å². The van der Waals surface area contributed by atoms with E-state index >= 15 is 8.78 Å². The lowest BCUT2D eigenvalue weighted by molar-refractivity contribution is -0.112. The predicted molar refractivity (Wildman–Crippen MR) is 123 cm³/mol. The number of carbonyl (C=O) groups is 1. The Kier molecular flexibility index (Phi) is 5.86. The Bertz CT molecular complexity index is 1230. The molecule has 3 aromatic rings. The summed E-state index contributed by atoms with van der Waals surface area (Å²) in [5.41, 5.74) is 0.596. The molecule has 1 aromatic heterocycles. The molecular formula is C26H27F3N2O2. The third-order valence-electron chi connectivity index (χ3n) is 6.04. The number of phenolic OH excluding ortho intramolecular Hbond substituents is 1. The van der Waals surface area contributed by atoms with Crippen LogP contribution < -0.4 is 0 Å². The normalized spacial score (nSPS) is 19.4. The van der Waals surface area contributed by atoms with Gasteiger partial charge in [-0.05, 0) is 75.6 Å². The second-order valence-electron chi connectivity index (χ2n) is 9.44. The topological polar surface area (TPSA) is 56.3 Å². The molecule has 4 rings (SSSR count). The van der Waals surface area contributed by atoms with Gasteiger partial charge in [-0.25, -0.2) is 13.2 Å². The molecule has 0 aliphatic carbocycles. The smallest absolute Gasteiger partial charge is 0.152 e. The summed E-state index contributed by atoms with van der Waals surface area (Å²) in [4.78, 5) is 16.2. The van der Waals surface area contributed by atoms with Crippen LogP contribution in [0, 0.1) is 11.6 Å². The van der Waals surface area contributed by atoms with Crippen LogP contribution in [0.4, 0.5) is 13.2 Å². The van der Waals surface area contributed by atoms with Crippen LogP contribution in [0.2, 0.25) is 0 Å². The van der Waals surface area contributed by atoms with Crippen molar-refractivity contribution in [2.45, 2.75) is 51.9 Å². The minimum absolute atomic E-state index is 0.0240. The molecule has 7 heteroatoms. The lowest BCUT2D eigenvalue weighted by atomic mass is 9.87. The second-order valence-corrected chi connectivity index (χ2v) is 9.44. The van der Waals surface area contributed by atoms with E-state index in [1.54, 1.807) is 23.1 Å². The van der Waals surface area contributed by atoms with E-state index in [9.17, 15) is 14.3 Å². The number of carbonyl (C=O) groups excluding carboxylic acids is 1. The Morgan fingerprint density at radius 3 is 2.52 bits per heavy atom. The van der Waals surface area contributed by atoms with Crippen molar-refractivity contribution < 1.29 is 23.1 Å². The number of rotatable bonds is 5. The first-order chi connectivity index (χ1) is 15.4. The van der Waals surface area contributed by atoms with Crippen LogP contribution >= 0.6 is 0 Å². The van der Waals surface area contributed by atoms with Crippen LogP contribution in [0.5, 0.6) is 5.75 Å². The van der Waals surface area contributed by atoms with Crippen LogP contribution in [0.1, 0.15) is 56.1 Å². The Hall–Kier alpha value is -3.06. The highest BCUT2D eigenvalue weighted by Gasteiger charge is 2.40. The molecule has 174 valence electrons. The largest absolute Gasteiger partial charge is 0.508 e. The summed E-state index contributed by atoms with van der Waals surface area (Å²) in [7, 11) is 0. The molecule has 0 saturated carbocycles. The number of hydrogen-bond donors (Lipinski definition) is 2. The zero-order chi connectivity index (χ0) is 24.1. The minimum Gasteiger partial charge on any atom is -0.508 e. The number of halogens is 3. The molecule has 0 fully saturated rings. The molecule has 2 N–H and O–H groups in total. The fourth-order valence-electron chi connectivity index (χ4n) is 4.72. The van der Waals surface area contributed by atoms with E-state index in [-0.39, 0.29) is 35.2 Å². The van der Waals surface area contributed by atoms with Crippen molar-refractivity contribution in [1.82, 2.24) is 9.88 Å². The first kappa shape index (κ1) is 23.1. The van der Waals surface area contributed by atoms with Crippen LogP contribution in [0.25, 0.3) is 17.0 Å². The number of hydrogen-bond acceptors (Lipinski definition) is 3. The zero-order valence-corrected chi connectivity index (χ0v) is 19.0. The van der Waals surface area contributed by atoms with Crippen LogP contribution in [0.15, 0.2) is 36.4 Å². The summed E-state index contributed by atoms with van der Waals surface area (Å²) in [6.45, 7) is 6.13. The fraction of sp³-hybridized carbons (Fsp3) is 0.346. The maximum Gasteiger partial charge on any atom is 0.152 e. The monoisotopic (exact) mass is 456 g/mol. The van der Waals surface area contributed by atoms with Gasteiger partial charge in [-0.2, -0.15) is 0 Å². The molecular weight excluding hydrogens is 429 g/mol. The van der Waals surface area contributed by atoms with E-state index in [0.29, 0.717) is 17.6 Å². The molecule has 0 bridgehead atoms. The molecule has 0 amide bonds. The van der Waals surface area contributed by atoms with Crippen LogP contribution in [-0.4, -0.2) is 39.0 Å². The van der Waals surface area contributed by atoms with E-state index in [2.05, 4.69) is 4.98 Å². The van der Waals surface area contributed by atoms with E-state index < -0.39 is 23.3 Å². The number of aromatic nitrogens is 1. The van der Waals surface area contributed by atoms with Crippen molar-refractivity contribution in [1.29, 1.82) is 0 Å². The predicted octanol–water partition coefficient (Wildman–Crippen LogP) is 5.84. The third kappa shape index (κ3) is 4.55. The highest BCUT2D eigenvalue weighted by Crippen LogP contribution is 2.43. The Balaban J connectivity index is 1.93. The molecule has 0 radical (unpaired) electrons. The molecule has 0 saturated heterocycles. The number of ketones is 1. The molecule has 1 aliphatic heterocycles. The number of aromatic amines is 1. The Morgan fingerprint density at radius 1 is 1.24 bits per heavy atom. The van der Waals surface area contributed by atoms with E-state index in [1.807, 2.05) is 6.92 Å². The quantitative estimate of drug-likeness (QED) is 0.475. The fourth-order valence-corrected chi connectivity index (χ4v) is 4.72. The molecule has 1 aliphatic rings. The average Bonchev–Trinajstić information content (AvgIpc) is 3.04. The summed E-state index contributed by atoms with van der Waals surface area (Å²) in [5, 5.41) is 10.8. The van der Waals surface area contributed by atoms with Gasteiger partial charge in [0.2, 0.25) is 0 Å². The summed E-state index contributed by atoms with van der Waals surface area (Å²) < 4.78 is 45.7. The highest BCUT2D eigenvalue weighted by molar-refractivity contribution is 5.91. The second kappa shape index (κ2) is 8.37. The molecule has 2 atom stereocenters. The number of phenols is 1. The number of nitrogens with one attached hydrogen (secondary N) is 1. The maximum absolute atomic E-state index is 15.4. The molecule has 33 heavy (non-hydrogen) atoms. The summed E-state index contributed by atoms with van der Waals surface area (Å²) in [6, 6.07) is 6.21.